The number of aryl methyl sites for hydroxylation is 1. The van der Waals surface area contributed by atoms with Crippen LogP contribution in [-0.2, 0) is 0 Å². The van der Waals surface area contributed by atoms with Gasteiger partial charge in [0.15, 0.2) is 6.29 Å². The van der Waals surface area contributed by atoms with E-state index in [1.54, 1.807) is 12.1 Å². The van der Waals surface area contributed by atoms with Crippen LogP contribution in [0.15, 0.2) is 48.5 Å². The summed E-state index contributed by atoms with van der Waals surface area (Å²) in [5, 5.41) is 0. The molecule has 192 valence electrons. The average Bonchev–Trinajstić information content (AvgIpc) is 3.40. The van der Waals surface area contributed by atoms with Crippen LogP contribution >= 0.6 is 7.92 Å². The van der Waals surface area contributed by atoms with E-state index in [0.29, 0.717) is 23.8 Å². The summed E-state index contributed by atoms with van der Waals surface area (Å²) in [5.41, 5.74) is 6.57. The van der Waals surface area contributed by atoms with Gasteiger partial charge in [0.2, 0.25) is 0 Å². The number of aromatic nitrogens is 3. The molecule has 0 radical (unpaired) electrons. The van der Waals surface area contributed by atoms with Crippen LogP contribution in [0.4, 0.5) is 8.78 Å². The Labute approximate surface area is 216 Å². The van der Waals surface area contributed by atoms with Crippen LogP contribution in [0.25, 0.3) is 22.2 Å². The highest BCUT2D eigenvalue weighted by Gasteiger charge is 2.38. The summed E-state index contributed by atoms with van der Waals surface area (Å²) < 4.78 is 33.6. The number of benzene rings is 2. The Morgan fingerprint density at radius 1 is 1.14 bits per heavy atom. The number of halogens is 2. The second-order valence-corrected chi connectivity index (χ2v) is 12.0. The lowest BCUT2D eigenvalue weighted by molar-refractivity contribution is -0.0507. The molecule has 0 N–H and O–H groups in total. The highest BCUT2D eigenvalue weighted by Crippen LogP contribution is 2.47. The number of fused-ring (bicyclic) bond motifs is 3. The number of nitrogens with zero attached hydrogens (tertiary/aromatic N) is 4. The fourth-order valence-electron chi connectivity index (χ4n) is 5.27. The number of alkyl halides is 2. The smallest absolute Gasteiger partial charge is 0.387 e. The van der Waals surface area contributed by atoms with Crippen molar-refractivity contribution in [2.24, 2.45) is 0 Å². The molecule has 2 unspecified atom stereocenters. The molecule has 0 spiro atoms. The topological polar surface area (TPSA) is 60.3 Å². The number of aldehydes is 1. The molecule has 2 aromatic heterocycles. The molecule has 1 aliphatic heterocycles. The lowest BCUT2D eigenvalue weighted by Gasteiger charge is -2.22. The Bertz CT molecular complexity index is 1480. The van der Waals surface area contributed by atoms with Crippen molar-refractivity contribution < 1.29 is 18.3 Å². The van der Waals surface area contributed by atoms with Gasteiger partial charge in [-0.25, -0.2) is 4.98 Å². The first-order valence-electron chi connectivity index (χ1n) is 12.1. The molecule has 1 aliphatic rings. The van der Waals surface area contributed by atoms with Crippen LogP contribution in [0.5, 0.6) is 5.75 Å². The van der Waals surface area contributed by atoms with Crippen molar-refractivity contribution in [1.82, 2.24) is 19.4 Å². The maximum atomic E-state index is 13.3. The Kier molecular flexibility index (Phi) is 6.82. The monoisotopic (exact) mass is 522 g/mol. The molecule has 0 saturated heterocycles. The van der Waals surface area contributed by atoms with Crippen LogP contribution in [0.3, 0.4) is 0 Å². The first kappa shape index (κ1) is 25.4. The molecule has 0 fully saturated rings. The number of hydrogen-bond acceptors (Lipinski definition) is 5. The van der Waals surface area contributed by atoms with E-state index in [2.05, 4.69) is 41.0 Å². The number of carbonyl (C=O) groups excluding carboxylic acids is 1. The maximum absolute atomic E-state index is 13.3. The molecule has 3 heterocycles. The van der Waals surface area contributed by atoms with Gasteiger partial charge in [0.25, 0.3) is 0 Å². The van der Waals surface area contributed by atoms with Gasteiger partial charge in [0.05, 0.1) is 28.6 Å². The van der Waals surface area contributed by atoms with Crippen molar-refractivity contribution in [3.8, 4) is 16.9 Å². The van der Waals surface area contributed by atoms with E-state index in [-0.39, 0.29) is 19.7 Å². The van der Waals surface area contributed by atoms with Crippen LogP contribution < -0.4 is 10.2 Å². The van der Waals surface area contributed by atoms with E-state index in [1.807, 2.05) is 33.2 Å². The normalized spacial score (nSPS) is 17.2. The zero-order valence-electron chi connectivity index (χ0n) is 21.4. The van der Waals surface area contributed by atoms with Gasteiger partial charge < -0.3 is 9.30 Å². The van der Waals surface area contributed by atoms with Gasteiger partial charge in [-0.05, 0) is 70.6 Å². The zero-order chi connectivity index (χ0) is 26.4. The summed E-state index contributed by atoms with van der Waals surface area (Å²) in [6.07, 6.45) is 1.28. The molecule has 4 aromatic rings. The molecule has 0 amide bonds. The SMILES string of the molecule is Cc1nc(P(C)C)ccc1-c1ccc2nc3n(c2c1)C(c1c(C=O)cccc1OC(F)F)CC3N(C)C. The van der Waals surface area contributed by atoms with Crippen molar-refractivity contribution >= 4 is 30.7 Å². The van der Waals surface area contributed by atoms with Gasteiger partial charge in [-0.2, -0.15) is 8.78 Å². The third kappa shape index (κ3) is 4.53. The molecule has 5 rings (SSSR count). The third-order valence-electron chi connectivity index (χ3n) is 7.01. The predicted molar refractivity (Wildman–Crippen MR) is 144 cm³/mol. The van der Waals surface area contributed by atoms with Gasteiger partial charge in [0, 0.05) is 22.4 Å². The van der Waals surface area contributed by atoms with E-state index in [1.165, 1.54) is 6.07 Å². The first-order chi connectivity index (χ1) is 17.7. The lowest BCUT2D eigenvalue weighted by Crippen LogP contribution is -2.18. The first-order valence-corrected chi connectivity index (χ1v) is 14.3. The maximum Gasteiger partial charge on any atom is 0.387 e. The minimum atomic E-state index is -3.00. The van der Waals surface area contributed by atoms with Crippen molar-refractivity contribution in [2.75, 3.05) is 27.4 Å². The zero-order valence-corrected chi connectivity index (χ0v) is 22.3. The number of carbonyl (C=O) groups is 1. The second kappa shape index (κ2) is 9.92. The number of imidazole rings is 1. The largest absolute Gasteiger partial charge is 0.434 e. The number of rotatable bonds is 7. The molecule has 0 bridgehead atoms. The van der Waals surface area contributed by atoms with Gasteiger partial charge >= 0.3 is 6.61 Å². The summed E-state index contributed by atoms with van der Waals surface area (Å²) in [5.74, 6) is 0.845. The standard InChI is InChI=1S/C28H29F2N4O2P/c1-16-19(10-12-25(31-16)37(4)5)17-9-11-20-21(13-17)34-22(14-23(33(2)3)27(34)32-20)26-18(15-35)7-6-8-24(26)36-28(29)30/h6-13,15,22-23,28H,14H2,1-5H3. The van der Waals surface area contributed by atoms with Crippen molar-refractivity contribution in [3.05, 3.63) is 71.2 Å². The number of pyridine rings is 1. The Morgan fingerprint density at radius 2 is 1.92 bits per heavy atom. The summed E-state index contributed by atoms with van der Waals surface area (Å²) in [6.45, 7) is 3.39. The minimum Gasteiger partial charge on any atom is -0.434 e. The molecule has 0 aliphatic carbocycles. The summed E-state index contributed by atoms with van der Waals surface area (Å²) >= 11 is 0. The molecule has 2 atom stereocenters. The van der Waals surface area contributed by atoms with Gasteiger partial charge in [-0.1, -0.05) is 32.2 Å². The molecule has 37 heavy (non-hydrogen) atoms. The Morgan fingerprint density at radius 3 is 2.57 bits per heavy atom. The summed E-state index contributed by atoms with van der Waals surface area (Å²) in [4.78, 5) is 23.9. The highest BCUT2D eigenvalue weighted by molar-refractivity contribution is 7.63. The Balaban J connectivity index is 1.71. The van der Waals surface area contributed by atoms with E-state index in [4.69, 9.17) is 14.7 Å². The fourth-order valence-corrected chi connectivity index (χ4v) is 6.00. The summed E-state index contributed by atoms with van der Waals surface area (Å²) in [7, 11) is 3.64. The summed E-state index contributed by atoms with van der Waals surface area (Å²) in [6, 6.07) is 14.5. The van der Waals surface area contributed by atoms with Crippen LogP contribution in [0.2, 0.25) is 0 Å². The van der Waals surface area contributed by atoms with Crippen LogP contribution in [-0.4, -0.2) is 59.8 Å². The number of ether oxygens (including phenoxy) is 1. The fraction of sp³-hybridized carbons (Fsp3) is 0.321. The van der Waals surface area contributed by atoms with Gasteiger partial charge in [-0.15, -0.1) is 0 Å². The second-order valence-electron chi connectivity index (χ2n) is 9.73. The minimum absolute atomic E-state index is 0.0132. The van der Waals surface area contributed by atoms with Crippen molar-refractivity contribution in [2.45, 2.75) is 32.0 Å². The molecule has 0 saturated carbocycles. The predicted octanol–water partition coefficient (Wildman–Crippen LogP) is 5.78. The average molecular weight is 523 g/mol. The molecule has 2 aromatic carbocycles. The molecule has 6 nitrogen and oxygen atoms in total. The quantitative estimate of drug-likeness (QED) is 0.227. The van der Waals surface area contributed by atoms with Crippen molar-refractivity contribution in [1.29, 1.82) is 0 Å². The van der Waals surface area contributed by atoms with Crippen LogP contribution in [0.1, 0.15) is 45.9 Å². The molecular formula is C28H29F2N4O2P. The molecular weight excluding hydrogens is 493 g/mol. The van der Waals surface area contributed by atoms with Crippen LogP contribution in [0, 0.1) is 6.92 Å². The van der Waals surface area contributed by atoms with Gasteiger partial charge in [0.1, 0.15) is 11.6 Å². The van der Waals surface area contributed by atoms with E-state index in [0.717, 1.165) is 39.1 Å². The third-order valence-corrected chi connectivity index (χ3v) is 8.18. The van der Waals surface area contributed by atoms with E-state index in [9.17, 15) is 13.6 Å². The van der Waals surface area contributed by atoms with Gasteiger partial charge in [-0.3, -0.25) is 14.7 Å². The molecule has 9 heteroatoms. The lowest BCUT2D eigenvalue weighted by atomic mass is 9.96. The van der Waals surface area contributed by atoms with E-state index >= 15 is 0 Å². The Hall–Kier alpha value is -3.22. The number of hydrogen-bond donors (Lipinski definition) is 0. The van der Waals surface area contributed by atoms with Crippen molar-refractivity contribution in [3.63, 3.8) is 0 Å². The highest BCUT2D eigenvalue weighted by atomic mass is 31.1. The van der Waals surface area contributed by atoms with E-state index < -0.39 is 12.7 Å².